The quantitative estimate of drug-likeness (QED) is 0.850. The van der Waals surface area contributed by atoms with Crippen molar-refractivity contribution in [2.75, 3.05) is 11.9 Å². The van der Waals surface area contributed by atoms with Crippen LogP contribution in [0.2, 0.25) is 0 Å². The molecule has 0 fully saturated rings. The van der Waals surface area contributed by atoms with Crippen LogP contribution in [0.25, 0.3) is 0 Å². The maximum Gasteiger partial charge on any atom is 0.263 e. The Kier molecular flexibility index (Phi) is 5.17. The van der Waals surface area contributed by atoms with Gasteiger partial charge in [0.25, 0.3) is 5.91 Å². The number of anilines is 1. The maximum absolute atomic E-state index is 11.7. The molecule has 0 radical (unpaired) electrons. The van der Waals surface area contributed by atoms with Crippen molar-refractivity contribution in [3.05, 3.63) is 40.5 Å². The molecule has 5 nitrogen and oxygen atoms in total. The van der Waals surface area contributed by atoms with Crippen molar-refractivity contribution in [2.24, 2.45) is 0 Å². The van der Waals surface area contributed by atoms with Crippen LogP contribution >= 0.6 is 15.9 Å². The van der Waals surface area contributed by atoms with E-state index in [4.69, 9.17) is 4.74 Å². The van der Waals surface area contributed by atoms with Crippen LogP contribution in [0.1, 0.15) is 19.0 Å². The summed E-state index contributed by atoms with van der Waals surface area (Å²) >= 11 is 3.35. The van der Waals surface area contributed by atoms with E-state index in [-0.39, 0.29) is 12.5 Å². The third kappa shape index (κ3) is 4.38. The normalized spacial score (nSPS) is 10.3. The van der Waals surface area contributed by atoms with Gasteiger partial charge >= 0.3 is 0 Å². The van der Waals surface area contributed by atoms with E-state index >= 15 is 0 Å². The first-order valence-corrected chi connectivity index (χ1v) is 7.19. The Bertz CT molecular complexity index is 583. The average Bonchev–Trinajstić information content (AvgIpc) is 2.84. The molecule has 0 saturated heterocycles. The Labute approximate surface area is 125 Å². The van der Waals surface area contributed by atoms with Crippen molar-refractivity contribution in [3.8, 4) is 5.75 Å². The number of aryl methyl sites for hydroxylation is 1. The molecule has 2 N–H and O–H groups in total. The topological polar surface area (TPSA) is 67.0 Å². The summed E-state index contributed by atoms with van der Waals surface area (Å²) in [4.78, 5) is 11.7. The van der Waals surface area contributed by atoms with Gasteiger partial charge in [-0.25, -0.2) is 0 Å². The lowest BCUT2D eigenvalue weighted by Gasteiger charge is -2.05. The van der Waals surface area contributed by atoms with Gasteiger partial charge in [-0.2, -0.15) is 5.10 Å². The summed E-state index contributed by atoms with van der Waals surface area (Å²) in [7, 11) is 0. The Morgan fingerprint density at radius 1 is 1.45 bits per heavy atom. The number of rotatable bonds is 6. The number of halogens is 1. The van der Waals surface area contributed by atoms with Gasteiger partial charge in [-0.3, -0.25) is 9.89 Å². The zero-order chi connectivity index (χ0) is 14.4. The molecule has 0 spiro atoms. The monoisotopic (exact) mass is 337 g/mol. The van der Waals surface area contributed by atoms with Crippen molar-refractivity contribution in [2.45, 2.75) is 19.8 Å². The molecule has 0 aliphatic heterocycles. The smallest absolute Gasteiger partial charge is 0.263 e. The standard InChI is InChI=1S/C14H16BrN3O2/c1-2-4-11-8-13(18-17-11)16-14(19)9-20-12-6-3-5-10(15)7-12/h3,5-8H,2,4,9H2,1H3,(H2,16,17,18,19). The number of hydrogen-bond donors (Lipinski definition) is 2. The first-order valence-electron chi connectivity index (χ1n) is 6.40. The summed E-state index contributed by atoms with van der Waals surface area (Å²) < 4.78 is 6.30. The van der Waals surface area contributed by atoms with Gasteiger partial charge in [0.1, 0.15) is 5.75 Å². The number of aromatic amines is 1. The van der Waals surface area contributed by atoms with Gasteiger partial charge in [0.15, 0.2) is 12.4 Å². The molecule has 0 unspecified atom stereocenters. The third-order valence-electron chi connectivity index (χ3n) is 2.58. The highest BCUT2D eigenvalue weighted by molar-refractivity contribution is 9.10. The van der Waals surface area contributed by atoms with E-state index in [0.717, 1.165) is 23.0 Å². The third-order valence-corrected chi connectivity index (χ3v) is 3.08. The fraction of sp³-hybridized carbons (Fsp3) is 0.286. The molecular formula is C14H16BrN3O2. The lowest BCUT2D eigenvalue weighted by molar-refractivity contribution is -0.118. The van der Waals surface area contributed by atoms with E-state index < -0.39 is 0 Å². The molecule has 1 heterocycles. The van der Waals surface area contributed by atoms with Gasteiger partial charge in [0.2, 0.25) is 0 Å². The fourth-order valence-electron chi connectivity index (χ4n) is 1.71. The highest BCUT2D eigenvalue weighted by Gasteiger charge is 2.07. The van der Waals surface area contributed by atoms with E-state index in [0.29, 0.717) is 11.6 Å². The molecule has 20 heavy (non-hydrogen) atoms. The summed E-state index contributed by atoms with van der Waals surface area (Å²) in [6, 6.07) is 9.18. The minimum absolute atomic E-state index is 0.0492. The molecule has 2 rings (SSSR count). The molecule has 0 atom stereocenters. The summed E-state index contributed by atoms with van der Waals surface area (Å²) in [6.45, 7) is 2.04. The van der Waals surface area contributed by atoms with Crippen LogP contribution in [0.5, 0.6) is 5.75 Å². The molecule has 6 heteroatoms. The van der Waals surface area contributed by atoms with Gasteiger partial charge in [-0.15, -0.1) is 0 Å². The number of benzene rings is 1. The second-order valence-electron chi connectivity index (χ2n) is 4.32. The van der Waals surface area contributed by atoms with Crippen molar-refractivity contribution < 1.29 is 9.53 Å². The van der Waals surface area contributed by atoms with Crippen LogP contribution in [0.4, 0.5) is 5.82 Å². The minimum atomic E-state index is -0.237. The number of carbonyl (C=O) groups excluding carboxylic acids is 1. The number of hydrogen-bond acceptors (Lipinski definition) is 3. The minimum Gasteiger partial charge on any atom is -0.484 e. The molecule has 0 bridgehead atoms. The molecule has 0 aliphatic rings. The number of nitrogens with zero attached hydrogens (tertiary/aromatic N) is 1. The van der Waals surface area contributed by atoms with E-state index in [1.165, 1.54) is 0 Å². The van der Waals surface area contributed by atoms with Crippen LogP contribution < -0.4 is 10.1 Å². The zero-order valence-electron chi connectivity index (χ0n) is 11.1. The van der Waals surface area contributed by atoms with E-state index in [1.54, 1.807) is 12.1 Å². The Balaban J connectivity index is 1.82. The van der Waals surface area contributed by atoms with Crippen LogP contribution in [0, 0.1) is 0 Å². The largest absolute Gasteiger partial charge is 0.484 e. The maximum atomic E-state index is 11.7. The molecule has 1 amide bonds. The summed E-state index contributed by atoms with van der Waals surface area (Å²) in [5.41, 5.74) is 1.01. The molecule has 1 aromatic heterocycles. The van der Waals surface area contributed by atoms with Gasteiger partial charge in [-0.1, -0.05) is 35.3 Å². The van der Waals surface area contributed by atoms with Gasteiger partial charge < -0.3 is 10.1 Å². The first-order chi connectivity index (χ1) is 9.67. The zero-order valence-corrected chi connectivity index (χ0v) is 12.7. The predicted octanol–water partition coefficient (Wildman–Crippen LogP) is 3.14. The number of ether oxygens (including phenoxy) is 1. The number of amides is 1. The molecule has 0 saturated carbocycles. The van der Waals surface area contributed by atoms with Crippen LogP contribution in [0.15, 0.2) is 34.8 Å². The van der Waals surface area contributed by atoms with Gasteiger partial charge in [0, 0.05) is 16.2 Å². The second kappa shape index (κ2) is 7.09. The van der Waals surface area contributed by atoms with E-state index in [9.17, 15) is 4.79 Å². The predicted molar refractivity (Wildman–Crippen MR) is 80.8 cm³/mol. The van der Waals surface area contributed by atoms with Crippen molar-refractivity contribution in [1.29, 1.82) is 0 Å². The van der Waals surface area contributed by atoms with Crippen LogP contribution in [0.3, 0.4) is 0 Å². The lowest BCUT2D eigenvalue weighted by atomic mass is 10.2. The summed E-state index contributed by atoms with van der Waals surface area (Å²) in [5.74, 6) is 0.930. The summed E-state index contributed by atoms with van der Waals surface area (Å²) in [6.07, 6.45) is 1.94. The SMILES string of the molecule is CCCc1cc(NC(=O)COc2cccc(Br)c2)n[nH]1. The van der Waals surface area contributed by atoms with Crippen molar-refractivity contribution in [1.82, 2.24) is 10.2 Å². The van der Waals surface area contributed by atoms with Crippen molar-refractivity contribution in [3.63, 3.8) is 0 Å². The van der Waals surface area contributed by atoms with E-state index in [2.05, 4.69) is 38.4 Å². The molecule has 0 aliphatic carbocycles. The fourth-order valence-corrected chi connectivity index (χ4v) is 2.09. The Hall–Kier alpha value is -1.82. The second-order valence-corrected chi connectivity index (χ2v) is 5.24. The average molecular weight is 338 g/mol. The highest BCUT2D eigenvalue weighted by Crippen LogP contribution is 2.17. The first kappa shape index (κ1) is 14.6. The number of nitrogens with one attached hydrogen (secondary N) is 2. The molecule has 106 valence electrons. The Morgan fingerprint density at radius 3 is 3.05 bits per heavy atom. The number of carbonyl (C=O) groups is 1. The highest BCUT2D eigenvalue weighted by atomic mass is 79.9. The van der Waals surface area contributed by atoms with Crippen molar-refractivity contribution >= 4 is 27.7 Å². The summed E-state index contributed by atoms with van der Waals surface area (Å²) in [5, 5.41) is 9.59. The van der Waals surface area contributed by atoms with Crippen LogP contribution in [-0.2, 0) is 11.2 Å². The molecular weight excluding hydrogens is 322 g/mol. The number of H-pyrrole nitrogens is 1. The van der Waals surface area contributed by atoms with E-state index in [1.807, 2.05) is 18.2 Å². The van der Waals surface area contributed by atoms with Crippen LogP contribution in [-0.4, -0.2) is 22.7 Å². The lowest BCUT2D eigenvalue weighted by Crippen LogP contribution is -2.20. The van der Waals surface area contributed by atoms with Gasteiger partial charge in [-0.05, 0) is 24.6 Å². The molecule has 1 aromatic carbocycles. The van der Waals surface area contributed by atoms with Gasteiger partial charge in [0.05, 0.1) is 0 Å². The Morgan fingerprint density at radius 2 is 2.30 bits per heavy atom. The molecule has 2 aromatic rings. The number of aromatic nitrogens is 2.